The van der Waals surface area contributed by atoms with Crippen LogP contribution in [0.2, 0.25) is 0 Å². The highest BCUT2D eigenvalue weighted by atomic mass is 32.2. The quantitative estimate of drug-likeness (QED) is 0.745. The molecule has 1 unspecified atom stereocenters. The van der Waals surface area contributed by atoms with Crippen LogP contribution in [0.3, 0.4) is 0 Å². The predicted molar refractivity (Wildman–Crippen MR) is 70.0 cm³/mol. The van der Waals surface area contributed by atoms with Gasteiger partial charge in [-0.05, 0) is 18.9 Å². The lowest BCUT2D eigenvalue weighted by atomic mass is 10.1. The number of hydrogen-bond donors (Lipinski definition) is 0. The summed E-state index contributed by atoms with van der Waals surface area (Å²) < 4.78 is 0.383. The molecular formula is C12H13NS2. The first-order valence-electron chi connectivity index (χ1n) is 4.81. The van der Waals surface area contributed by atoms with Gasteiger partial charge in [0.25, 0.3) is 0 Å². The Morgan fingerprint density at radius 3 is 2.53 bits per heavy atom. The zero-order valence-electron chi connectivity index (χ0n) is 8.86. The molecule has 1 rings (SSSR count). The van der Waals surface area contributed by atoms with Crippen LogP contribution >= 0.6 is 24.0 Å². The Labute approximate surface area is 100 Å². The van der Waals surface area contributed by atoms with Crippen LogP contribution in [0.25, 0.3) is 0 Å². The minimum Gasteiger partial charge on any atom is -0.197 e. The topological polar surface area (TPSA) is 23.8 Å². The van der Waals surface area contributed by atoms with Gasteiger partial charge < -0.3 is 0 Å². The maximum Gasteiger partial charge on any atom is 0.105 e. The Morgan fingerprint density at radius 2 is 2.07 bits per heavy atom. The fraction of sp³-hybridized carbons (Fsp3) is 0.333. The summed E-state index contributed by atoms with van der Waals surface area (Å²) in [6.07, 6.45) is 0.793. The van der Waals surface area contributed by atoms with E-state index in [2.05, 4.69) is 6.07 Å². The van der Waals surface area contributed by atoms with E-state index in [0.717, 1.165) is 16.2 Å². The van der Waals surface area contributed by atoms with E-state index in [-0.39, 0.29) is 0 Å². The third kappa shape index (κ3) is 3.33. The van der Waals surface area contributed by atoms with Crippen molar-refractivity contribution in [3.63, 3.8) is 0 Å². The summed E-state index contributed by atoms with van der Waals surface area (Å²) in [4.78, 5) is 0. The van der Waals surface area contributed by atoms with Gasteiger partial charge in [-0.15, -0.1) is 0 Å². The highest BCUT2D eigenvalue weighted by Crippen LogP contribution is 2.31. The van der Waals surface area contributed by atoms with Gasteiger partial charge in [0.2, 0.25) is 0 Å². The summed E-state index contributed by atoms with van der Waals surface area (Å²) in [7, 11) is 0. The Morgan fingerprint density at radius 1 is 1.47 bits per heavy atom. The smallest absolute Gasteiger partial charge is 0.105 e. The highest BCUT2D eigenvalue weighted by molar-refractivity contribution is 8.24. The highest BCUT2D eigenvalue weighted by Gasteiger charge is 2.24. The van der Waals surface area contributed by atoms with E-state index in [1.54, 1.807) is 0 Å². The Bertz CT molecular complexity index is 380. The van der Waals surface area contributed by atoms with E-state index >= 15 is 0 Å². The molecule has 3 heteroatoms. The van der Waals surface area contributed by atoms with Gasteiger partial charge in [0.05, 0.1) is 10.3 Å². The SMILES string of the molecule is CCC(C)(C#N)SC(=S)c1ccccc1. The standard InChI is InChI=1S/C12H13NS2/c1-3-12(2,9-13)15-11(14)10-7-5-4-6-8-10/h4-8H,3H2,1-2H3. The molecule has 0 aliphatic rings. The van der Waals surface area contributed by atoms with Gasteiger partial charge >= 0.3 is 0 Å². The van der Waals surface area contributed by atoms with Crippen molar-refractivity contribution in [3.05, 3.63) is 35.9 Å². The van der Waals surface area contributed by atoms with Crippen molar-refractivity contribution >= 4 is 28.2 Å². The Balaban J connectivity index is 2.77. The van der Waals surface area contributed by atoms with Crippen LogP contribution in [0.5, 0.6) is 0 Å². The van der Waals surface area contributed by atoms with E-state index < -0.39 is 4.75 Å². The molecule has 0 N–H and O–H groups in total. The molecule has 15 heavy (non-hydrogen) atoms. The summed E-state index contributed by atoms with van der Waals surface area (Å²) in [5.74, 6) is 0. The average Bonchev–Trinajstić information content (AvgIpc) is 2.30. The van der Waals surface area contributed by atoms with Crippen molar-refractivity contribution in [1.82, 2.24) is 0 Å². The van der Waals surface area contributed by atoms with Crippen LogP contribution in [0.15, 0.2) is 30.3 Å². The first-order chi connectivity index (χ1) is 7.11. The van der Waals surface area contributed by atoms with E-state index in [1.807, 2.05) is 44.2 Å². The van der Waals surface area contributed by atoms with E-state index in [9.17, 15) is 0 Å². The molecule has 0 fully saturated rings. The second-order valence-corrected chi connectivity index (χ2v) is 5.63. The van der Waals surface area contributed by atoms with Gasteiger partial charge in [-0.2, -0.15) is 5.26 Å². The molecule has 0 heterocycles. The monoisotopic (exact) mass is 235 g/mol. The number of rotatable bonds is 3. The van der Waals surface area contributed by atoms with Crippen LogP contribution in [-0.2, 0) is 0 Å². The van der Waals surface area contributed by atoms with E-state index in [0.29, 0.717) is 0 Å². The van der Waals surface area contributed by atoms with Gasteiger partial charge in [-0.3, -0.25) is 0 Å². The molecule has 0 saturated heterocycles. The summed E-state index contributed by atoms with van der Waals surface area (Å²) >= 11 is 6.78. The number of nitriles is 1. The van der Waals surface area contributed by atoms with Crippen molar-refractivity contribution in [2.24, 2.45) is 0 Å². The van der Waals surface area contributed by atoms with Crippen molar-refractivity contribution in [2.75, 3.05) is 0 Å². The van der Waals surface area contributed by atoms with Crippen LogP contribution in [0.1, 0.15) is 25.8 Å². The number of nitrogens with zero attached hydrogens (tertiary/aromatic N) is 1. The molecule has 1 aromatic rings. The molecule has 0 aliphatic carbocycles. The second-order valence-electron chi connectivity index (χ2n) is 3.45. The van der Waals surface area contributed by atoms with Gasteiger partial charge in [0.1, 0.15) is 4.75 Å². The fourth-order valence-electron chi connectivity index (χ4n) is 1.01. The normalized spacial score (nSPS) is 13.9. The van der Waals surface area contributed by atoms with Gasteiger partial charge in [0, 0.05) is 0 Å². The van der Waals surface area contributed by atoms with Crippen molar-refractivity contribution in [3.8, 4) is 6.07 Å². The number of hydrogen-bond acceptors (Lipinski definition) is 3. The zero-order valence-corrected chi connectivity index (χ0v) is 10.5. The van der Waals surface area contributed by atoms with Crippen LogP contribution in [-0.4, -0.2) is 8.94 Å². The molecule has 0 bridgehead atoms. The van der Waals surface area contributed by atoms with E-state index in [4.69, 9.17) is 17.5 Å². The first kappa shape index (κ1) is 12.2. The number of thioether (sulfide) groups is 1. The molecule has 1 atom stereocenters. The average molecular weight is 235 g/mol. The third-order valence-electron chi connectivity index (χ3n) is 2.24. The summed E-state index contributed by atoms with van der Waals surface area (Å²) in [5, 5.41) is 9.05. The summed E-state index contributed by atoms with van der Waals surface area (Å²) in [5.41, 5.74) is 1.02. The van der Waals surface area contributed by atoms with Crippen LogP contribution in [0, 0.1) is 11.3 Å². The van der Waals surface area contributed by atoms with Crippen molar-refractivity contribution < 1.29 is 0 Å². The van der Waals surface area contributed by atoms with Crippen molar-refractivity contribution in [2.45, 2.75) is 25.0 Å². The minimum atomic E-state index is -0.410. The molecular weight excluding hydrogens is 222 g/mol. The summed E-state index contributed by atoms with van der Waals surface area (Å²) in [6, 6.07) is 12.1. The third-order valence-corrected chi connectivity index (χ3v) is 3.98. The maximum absolute atomic E-state index is 9.05. The van der Waals surface area contributed by atoms with Gasteiger partial charge in [-0.1, -0.05) is 61.2 Å². The van der Waals surface area contributed by atoms with Crippen molar-refractivity contribution in [1.29, 1.82) is 5.26 Å². The zero-order chi connectivity index (χ0) is 11.3. The second kappa shape index (κ2) is 5.29. The maximum atomic E-state index is 9.05. The lowest BCUT2D eigenvalue weighted by Gasteiger charge is -2.18. The molecule has 1 aromatic carbocycles. The predicted octanol–water partition coefficient (Wildman–Crippen LogP) is 3.79. The molecule has 0 amide bonds. The van der Waals surface area contributed by atoms with Gasteiger partial charge in [-0.25, -0.2) is 0 Å². The molecule has 0 aliphatic heterocycles. The molecule has 0 radical (unpaired) electrons. The number of benzene rings is 1. The van der Waals surface area contributed by atoms with Gasteiger partial charge in [0.15, 0.2) is 0 Å². The minimum absolute atomic E-state index is 0.410. The molecule has 78 valence electrons. The first-order valence-corrected chi connectivity index (χ1v) is 6.03. The lowest BCUT2D eigenvalue weighted by Crippen LogP contribution is -2.18. The Kier molecular flexibility index (Phi) is 4.31. The number of thiocarbonyl (C=S) groups is 1. The lowest BCUT2D eigenvalue weighted by molar-refractivity contribution is 0.773. The fourth-order valence-corrected chi connectivity index (χ4v) is 2.55. The molecule has 1 nitrogen and oxygen atoms in total. The largest absolute Gasteiger partial charge is 0.197 e. The summed E-state index contributed by atoms with van der Waals surface area (Å²) in [6.45, 7) is 3.93. The van der Waals surface area contributed by atoms with E-state index in [1.165, 1.54) is 11.8 Å². The Hall–Kier alpha value is -0.850. The molecule has 0 aromatic heterocycles. The van der Waals surface area contributed by atoms with Crippen LogP contribution < -0.4 is 0 Å². The molecule has 0 saturated carbocycles. The molecule has 0 spiro atoms. The van der Waals surface area contributed by atoms with Crippen LogP contribution in [0.4, 0.5) is 0 Å².